The second kappa shape index (κ2) is 16.3. The molecule has 0 bridgehead atoms. The topological polar surface area (TPSA) is 94.5 Å². The molecular formula is C26H33Cl2NO7. The SMILES string of the molecule is CCCOCCCN(CCOc1ccc(CC(OCC)C(=O)O)cc1)C(=O)Oc1ccc(Cl)cc1Cl. The number of carboxylic acids is 1. The maximum atomic E-state index is 12.8. The summed E-state index contributed by atoms with van der Waals surface area (Å²) in [6, 6.07) is 11.8. The van der Waals surface area contributed by atoms with E-state index in [2.05, 4.69) is 0 Å². The van der Waals surface area contributed by atoms with E-state index in [1.807, 2.05) is 6.92 Å². The minimum atomic E-state index is -0.996. The number of ether oxygens (including phenoxy) is 4. The molecule has 0 aliphatic carbocycles. The Morgan fingerprint density at radius 1 is 1.00 bits per heavy atom. The van der Waals surface area contributed by atoms with Crippen molar-refractivity contribution in [1.29, 1.82) is 0 Å². The van der Waals surface area contributed by atoms with Crippen LogP contribution in [0.5, 0.6) is 11.5 Å². The van der Waals surface area contributed by atoms with Crippen LogP contribution in [0.4, 0.5) is 4.79 Å². The third kappa shape index (κ3) is 10.6. The Morgan fingerprint density at radius 2 is 1.75 bits per heavy atom. The summed E-state index contributed by atoms with van der Waals surface area (Å²) in [4.78, 5) is 25.6. The van der Waals surface area contributed by atoms with Crippen LogP contribution in [0.15, 0.2) is 42.5 Å². The zero-order chi connectivity index (χ0) is 26.3. The van der Waals surface area contributed by atoms with Crippen LogP contribution in [0.2, 0.25) is 10.0 Å². The molecule has 198 valence electrons. The second-order valence-electron chi connectivity index (χ2n) is 7.87. The maximum absolute atomic E-state index is 12.8. The van der Waals surface area contributed by atoms with Gasteiger partial charge in [-0.2, -0.15) is 0 Å². The summed E-state index contributed by atoms with van der Waals surface area (Å²) in [7, 11) is 0. The van der Waals surface area contributed by atoms with Gasteiger partial charge in [-0.05, 0) is 55.7 Å². The molecule has 0 spiro atoms. The minimum Gasteiger partial charge on any atom is -0.492 e. The molecule has 0 aliphatic rings. The number of nitrogens with zero attached hydrogens (tertiary/aromatic N) is 1. The van der Waals surface area contributed by atoms with E-state index in [1.54, 1.807) is 43.3 Å². The Bertz CT molecular complexity index is 956. The Hall–Kier alpha value is -2.52. The second-order valence-corrected chi connectivity index (χ2v) is 8.72. The van der Waals surface area contributed by atoms with E-state index in [0.29, 0.717) is 43.6 Å². The van der Waals surface area contributed by atoms with Crippen LogP contribution in [0.1, 0.15) is 32.3 Å². The Labute approximate surface area is 222 Å². The quantitative estimate of drug-likeness (QED) is 0.271. The smallest absolute Gasteiger partial charge is 0.415 e. The predicted octanol–water partition coefficient (Wildman–Crippen LogP) is 5.72. The van der Waals surface area contributed by atoms with Crippen LogP contribution in [-0.4, -0.2) is 67.7 Å². The van der Waals surface area contributed by atoms with Crippen molar-refractivity contribution >= 4 is 35.3 Å². The zero-order valence-corrected chi connectivity index (χ0v) is 22.1. The normalized spacial score (nSPS) is 11.7. The first-order chi connectivity index (χ1) is 17.3. The lowest BCUT2D eigenvalue weighted by atomic mass is 10.1. The largest absolute Gasteiger partial charge is 0.492 e. The number of aliphatic carboxylic acids is 1. The van der Waals surface area contributed by atoms with Gasteiger partial charge in [-0.3, -0.25) is 0 Å². The minimum absolute atomic E-state index is 0.224. The van der Waals surface area contributed by atoms with Crippen LogP contribution in [-0.2, 0) is 20.7 Å². The molecule has 0 saturated heterocycles. The highest BCUT2D eigenvalue weighted by Crippen LogP contribution is 2.28. The third-order valence-corrected chi connectivity index (χ3v) is 5.56. The number of amides is 1. The Morgan fingerprint density at radius 3 is 2.39 bits per heavy atom. The first-order valence-corrected chi connectivity index (χ1v) is 12.6. The number of hydrogen-bond acceptors (Lipinski definition) is 6. The molecule has 1 amide bonds. The van der Waals surface area contributed by atoms with Gasteiger partial charge in [-0.25, -0.2) is 9.59 Å². The molecule has 0 fully saturated rings. The first-order valence-electron chi connectivity index (χ1n) is 11.9. The van der Waals surface area contributed by atoms with Crippen molar-refractivity contribution in [3.63, 3.8) is 0 Å². The number of benzene rings is 2. The van der Waals surface area contributed by atoms with Gasteiger partial charge < -0.3 is 29.0 Å². The number of carboxylic acid groups (broad SMARTS) is 1. The maximum Gasteiger partial charge on any atom is 0.415 e. The molecule has 8 nitrogen and oxygen atoms in total. The average Bonchev–Trinajstić information content (AvgIpc) is 2.85. The Balaban J connectivity index is 1.93. The van der Waals surface area contributed by atoms with E-state index < -0.39 is 18.2 Å². The van der Waals surface area contributed by atoms with E-state index in [4.69, 9.17) is 42.1 Å². The highest BCUT2D eigenvalue weighted by atomic mass is 35.5. The van der Waals surface area contributed by atoms with Gasteiger partial charge in [0, 0.05) is 37.8 Å². The number of halogens is 2. The lowest BCUT2D eigenvalue weighted by molar-refractivity contribution is -0.149. The van der Waals surface area contributed by atoms with Gasteiger partial charge in [-0.15, -0.1) is 0 Å². The fourth-order valence-electron chi connectivity index (χ4n) is 3.24. The van der Waals surface area contributed by atoms with Crippen molar-refractivity contribution in [3.05, 3.63) is 58.1 Å². The average molecular weight is 542 g/mol. The van der Waals surface area contributed by atoms with E-state index in [-0.39, 0.29) is 30.3 Å². The van der Waals surface area contributed by atoms with E-state index in [0.717, 1.165) is 12.0 Å². The fraction of sp³-hybridized carbons (Fsp3) is 0.462. The molecule has 10 heteroatoms. The predicted molar refractivity (Wildman–Crippen MR) is 138 cm³/mol. The fourth-order valence-corrected chi connectivity index (χ4v) is 3.69. The van der Waals surface area contributed by atoms with E-state index in [1.165, 1.54) is 11.0 Å². The van der Waals surface area contributed by atoms with Crippen molar-refractivity contribution in [3.8, 4) is 11.5 Å². The zero-order valence-electron chi connectivity index (χ0n) is 20.6. The van der Waals surface area contributed by atoms with Crippen molar-refractivity contribution in [2.24, 2.45) is 0 Å². The molecular weight excluding hydrogens is 509 g/mol. The van der Waals surface area contributed by atoms with E-state index >= 15 is 0 Å². The van der Waals surface area contributed by atoms with Crippen LogP contribution in [0.25, 0.3) is 0 Å². The molecule has 1 N–H and O–H groups in total. The molecule has 2 rings (SSSR count). The summed E-state index contributed by atoms with van der Waals surface area (Å²) in [5.74, 6) is -0.173. The third-order valence-electron chi connectivity index (χ3n) is 5.03. The van der Waals surface area contributed by atoms with Gasteiger partial charge in [-0.1, -0.05) is 42.3 Å². The van der Waals surface area contributed by atoms with Crippen molar-refractivity contribution in [2.75, 3.05) is 39.5 Å². The number of carbonyl (C=O) groups is 2. The van der Waals surface area contributed by atoms with Crippen LogP contribution in [0, 0.1) is 0 Å². The lowest BCUT2D eigenvalue weighted by Crippen LogP contribution is -2.38. The van der Waals surface area contributed by atoms with Crippen LogP contribution < -0.4 is 9.47 Å². The van der Waals surface area contributed by atoms with Crippen LogP contribution >= 0.6 is 23.2 Å². The number of carbonyl (C=O) groups excluding carboxylic acids is 1. The van der Waals surface area contributed by atoms with Gasteiger partial charge in [0.15, 0.2) is 11.9 Å². The molecule has 0 heterocycles. The van der Waals surface area contributed by atoms with Gasteiger partial charge >= 0.3 is 12.1 Å². The molecule has 0 aliphatic heterocycles. The highest BCUT2D eigenvalue weighted by Gasteiger charge is 2.19. The molecule has 0 radical (unpaired) electrons. The summed E-state index contributed by atoms with van der Waals surface area (Å²) in [5.41, 5.74) is 0.820. The molecule has 1 unspecified atom stereocenters. The van der Waals surface area contributed by atoms with Crippen molar-refractivity contribution in [1.82, 2.24) is 4.90 Å². The summed E-state index contributed by atoms with van der Waals surface area (Å²) < 4.78 is 22.1. The van der Waals surface area contributed by atoms with Gasteiger partial charge in [0.1, 0.15) is 12.4 Å². The standard InChI is InChI=1S/C26H33Cl2NO7/c1-3-14-33-15-5-12-29(26(32)36-23-11-8-20(27)18-22(23)28)13-16-35-21-9-6-19(7-10-21)17-24(25(30)31)34-4-2/h6-11,18,24H,3-5,12-17H2,1-2H3,(H,30,31). The van der Waals surface area contributed by atoms with Crippen molar-refractivity contribution in [2.45, 2.75) is 39.2 Å². The van der Waals surface area contributed by atoms with Gasteiger partial charge in [0.2, 0.25) is 0 Å². The van der Waals surface area contributed by atoms with Crippen LogP contribution in [0.3, 0.4) is 0 Å². The molecule has 0 aromatic heterocycles. The first kappa shape index (κ1) is 29.7. The number of rotatable bonds is 16. The lowest BCUT2D eigenvalue weighted by Gasteiger charge is -2.22. The van der Waals surface area contributed by atoms with Crippen molar-refractivity contribution < 1.29 is 33.6 Å². The van der Waals surface area contributed by atoms with Gasteiger partial charge in [0.25, 0.3) is 0 Å². The molecule has 2 aromatic carbocycles. The van der Waals surface area contributed by atoms with Gasteiger partial charge in [0.05, 0.1) is 11.6 Å². The Kier molecular flexibility index (Phi) is 13.4. The highest BCUT2D eigenvalue weighted by molar-refractivity contribution is 6.35. The summed E-state index contributed by atoms with van der Waals surface area (Å²) in [6.45, 7) is 6.25. The molecule has 1 atom stereocenters. The number of hydrogen-bond donors (Lipinski definition) is 1. The summed E-state index contributed by atoms with van der Waals surface area (Å²) in [6.07, 6.45) is 0.385. The summed E-state index contributed by atoms with van der Waals surface area (Å²) >= 11 is 12.1. The molecule has 36 heavy (non-hydrogen) atoms. The monoisotopic (exact) mass is 541 g/mol. The molecule has 2 aromatic rings. The van der Waals surface area contributed by atoms with E-state index in [9.17, 15) is 14.7 Å². The summed E-state index contributed by atoms with van der Waals surface area (Å²) in [5, 5.41) is 9.93. The molecule has 0 saturated carbocycles.